The van der Waals surface area contributed by atoms with E-state index in [2.05, 4.69) is 4.90 Å². The Kier molecular flexibility index (Phi) is 5.80. The van der Waals surface area contributed by atoms with E-state index in [0.29, 0.717) is 18.4 Å². The van der Waals surface area contributed by atoms with Crippen molar-refractivity contribution in [3.8, 4) is 5.75 Å². The van der Waals surface area contributed by atoms with Gasteiger partial charge < -0.3 is 14.7 Å². The Morgan fingerprint density at radius 1 is 1.40 bits per heavy atom. The highest BCUT2D eigenvalue weighted by Gasteiger charge is 2.24. The second-order valence-corrected chi connectivity index (χ2v) is 5.57. The average molecular weight is 281 g/mol. The average Bonchev–Trinajstić information content (AvgIpc) is 2.83. The van der Waals surface area contributed by atoms with E-state index in [0.717, 1.165) is 25.9 Å². The Labute approximate surface area is 120 Å². The first-order valence-electron chi connectivity index (χ1n) is 7.45. The largest absolute Gasteiger partial charge is 0.494 e. The van der Waals surface area contributed by atoms with Gasteiger partial charge >= 0.3 is 0 Å². The Hall–Kier alpha value is -1.13. The van der Waals surface area contributed by atoms with Crippen LogP contribution in [0.1, 0.15) is 32.6 Å². The Balaban J connectivity index is 1.66. The summed E-state index contributed by atoms with van der Waals surface area (Å²) >= 11 is 0. The fourth-order valence-corrected chi connectivity index (χ4v) is 2.84. The van der Waals surface area contributed by atoms with E-state index >= 15 is 0 Å². The van der Waals surface area contributed by atoms with Crippen LogP contribution in [0, 0.1) is 5.82 Å². The van der Waals surface area contributed by atoms with Crippen LogP contribution in [0.3, 0.4) is 0 Å². The van der Waals surface area contributed by atoms with Gasteiger partial charge in [0.25, 0.3) is 0 Å². The molecule has 1 fully saturated rings. The zero-order chi connectivity index (χ0) is 14.4. The van der Waals surface area contributed by atoms with Crippen LogP contribution in [0.5, 0.6) is 5.75 Å². The summed E-state index contributed by atoms with van der Waals surface area (Å²) in [6, 6.07) is 6.65. The molecule has 0 bridgehead atoms. The zero-order valence-corrected chi connectivity index (χ0v) is 12.1. The van der Waals surface area contributed by atoms with Crippen molar-refractivity contribution in [3.63, 3.8) is 0 Å². The van der Waals surface area contributed by atoms with Crippen LogP contribution < -0.4 is 4.74 Å². The summed E-state index contributed by atoms with van der Waals surface area (Å²) in [5, 5.41) is 9.49. The monoisotopic (exact) mass is 281 g/mol. The first kappa shape index (κ1) is 15.3. The molecule has 0 aromatic heterocycles. The number of halogens is 1. The molecule has 2 rings (SSSR count). The molecule has 4 heteroatoms. The van der Waals surface area contributed by atoms with Gasteiger partial charge in [0.05, 0.1) is 12.7 Å². The highest BCUT2D eigenvalue weighted by Crippen LogP contribution is 2.21. The fourth-order valence-electron chi connectivity index (χ4n) is 2.84. The van der Waals surface area contributed by atoms with Gasteiger partial charge in [-0.15, -0.1) is 0 Å². The molecule has 1 aliphatic rings. The Morgan fingerprint density at radius 2 is 2.15 bits per heavy atom. The third-order valence-electron chi connectivity index (χ3n) is 3.78. The normalized spacial score (nSPS) is 21.1. The lowest BCUT2D eigenvalue weighted by molar-refractivity contribution is 0.130. The second-order valence-electron chi connectivity index (χ2n) is 5.57. The lowest BCUT2D eigenvalue weighted by atomic mass is 10.1. The van der Waals surface area contributed by atoms with Gasteiger partial charge in [-0.1, -0.05) is 0 Å². The maximum atomic E-state index is 12.7. The maximum absolute atomic E-state index is 12.7. The molecule has 0 amide bonds. The molecule has 0 saturated carbocycles. The summed E-state index contributed by atoms with van der Waals surface area (Å²) < 4.78 is 18.3. The summed E-state index contributed by atoms with van der Waals surface area (Å²) in [4.78, 5) is 2.45. The summed E-state index contributed by atoms with van der Waals surface area (Å²) in [6.45, 7) is 4.62. The van der Waals surface area contributed by atoms with E-state index in [1.54, 1.807) is 12.1 Å². The molecule has 20 heavy (non-hydrogen) atoms. The predicted octanol–water partition coefficient (Wildman–Crippen LogP) is 2.83. The molecular formula is C16H24FNO2. The number of aliphatic hydroxyl groups excluding tert-OH is 1. The fraction of sp³-hybridized carbons (Fsp3) is 0.625. The lowest BCUT2D eigenvalue weighted by Crippen LogP contribution is -2.33. The van der Waals surface area contributed by atoms with Gasteiger partial charge in [0.1, 0.15) is 11.6 Å². The second kappa shape index (κ2) is 7.60. The molecule has 1 aromatic carbocycles. The third kappa shape index (κ3) is 4.76. The smallest absolute Gasteiger partial charge is 0.123 e. The van der Waals surface area contributed by atoms with E-state index in [4.69, 9.17) is 4.74 Å². The van der Waals surface area contributed by atoms with Crippen LogP contribution in [0.4, 0.5) is 4.39 Å². The van der Waals surface area contributed by atoms with E-state index < -0.39 is 0 Å². The zero-order valence-electron chi connectivity index (χ0n) is 12.1. The van der Waals surface area contributed by atoms with Gasteiger partial charge in [0, 0.05) is 12.6 Å². The molecule has 112 valence electrons. The molecule has 1 heterocycles. The number of hydrogen-bond acceptors (Lipinski definition) is 3. The highest BCUT2D eigenvalue weighted by molar-refractivity contribution is 5.21. The number of nitrogens with zero attached hydrogens (tertiary/aromatic N) is 1. The van der Waals surface area contributed by atoms with Crippen molar-refractivity contribution >= 4 is 0 Å². The van der Waals surface area contributed by atoms with Crippen molar-refractivity contribution in [2.24, 2.45) is 0 Å². The summed E-state index contributed by atoms with van der Waals surface area (Å²) in [5.41, 5.74) is 0. The van der Waals surface area contributed by atoms with Crippen molar-refractivity contribution in [3.05, 3.63) is 30.1 Å². The van der Waals surface area contributed by atoms with Crippen molar-refractivity contribution in [2.75, 3.05) is 19.7 Å². The van der Waals surface area contributed by atoms with Crippen LogP contribution in [0.25, 0.3) is 0 Å². The van der Waals surface area contributed by atoms with Gasteiger partial charge in [-0.2, -0.15) is 0 Å². The highest BCUT2D eigenvalue weighted by atomic mass is 19.1. The van der Waals surface area contributed by atoms with Gasteiger partial charge in [-0.05, 0) is 63.4 Å². The summed E-state index contributed by atoms with van der Waals surface area (Å²) in [5.74, 6) is 0.476. The van der Waals surface area contributed by atoms with Gasteiger partial charge in [0.15, 0.2) is 0 Å². The number of likely N-dealkylation sites (tertiary alicyclic amines) is 1. The predicted molar refractivity (Wildman–Crippen MR) is 77.4 cm³/mol. The van der Waals surface area contributed by atoms with Crippen molar-refractivity contribution in [1.29, 1.82) is 0 Å². The van der Waals surface area contributed by atoms with Crippen LogP contribution in [0.2, 0.25) is 0 Å². The molecule has 0 radical (unpaired) electrons. The number of hydrogen-bond donors (Lipinski definition) is 1. The van der Waals surface area contributed by atoms with Gasteiger partial charge in [-0.25, -0.2) is 4.39 Å². The standard InChI is InChI=1S/C16H24FNO2/c1-13(19)12-15-4-2-9-18(15)10-3-11-20-16-7-5-14(17)6-8-16/h5-8,13,15,19H,2-4,9-12H2,1H3. The quantitative estimate of drug-likeness (QED) is 0.780. The van der Waals surface area contributed by atoms with Crippen molar-refractivity contribution in [2.45, 2.75) is 44.8 Å². The third-order valence-corrected chi connectivity index (χ3v) is 3.78. The molecular weight excluding hydrogens is 257 g/mol. The molecule has 2 unspecified atom stereocenters. The van der Waals surface area contributed by atoms with E-state index in [9.17, 15) is 9.50 Å². The van der Waals surface area contributed by atoms with Crippen molar-refractivity contribution in [1.82, 2.24) is 4.90 Å². The SMILES string of the molecule is CC(O)CC1CCCN1CCCOc1ccc(F)cc1. The van der Waals surface area contributed by atoms with Crippen LogP contribution in [0.15, 0.2) is 24.3 Å². The minimum atomic E-state index is -0.240. The maximum Gasteiger partial charge on any atom is 0.123 e. The molecule has 1 saturated heterocycles. The minimum Gasteiger partial charge on any atom is -0.494 e. The Bertz CT molecular complexity index is 394. The minimum absolute atomic E-state index is 0.226. The molecule has 1 N–H and O–H groups in total. The molecule has 0 aliphatic carbocycles. The van der Waals surface area contributed by atoms with Crippen molar-refractivity contribution < 1.29 is 14.2 Å². The molecule has 2 atom stereocenters. The molecule has 1 aromatic rings. The number of benzene rings is 1. The summed E-state index contributed by atoms with van der Waals surface area (Å²) in [6.07, 6.45) is 3.99. The first-order valence-corrected chi connectivity index (χ1v) is 7.45. The number of rotatable bonds is 7. The van der Waals surface area contributed by atoms with Gasteiger partial charge in [0.2, 0.25) is 0 Å². The van der Waals surface area contributed by atoms with E-state index in [-0.39, 0.29) is 11.9 Å². The number of aliphatic hydroxyl groups is 1. The Morgan fingerprint density at radius 3 is 2.85 bits per heavy atom. The first-order chi connectivity index (χ1) is 9.65. The van der Waals surface area contributed by atoms with Crippen LogP contribution >= 0.6 is 0 Å². The topological polar surface area (TPSA) is 32.7 Å². The lowest BCUT2D eigenvalue weighted by Gasteiger charge is -2.25. The molecule has 0 spiro atoms. The number of ether oxygens (including phenoxy) is 1. The van der Waals surface area contributed by atoms with E-state index in [1.165, 1.54) is 25.0 Å². The van der Waals surface area contributed by atoms with Gasteiger partial charge in [-0.3, -0.25) is 0 Å². The molecule has 3 nitrogen and oxygen atoms in total. The van der Waals surface area contributed by atoms with E-state index in [1.807, 2.05) is 6.92 Å². The summed E-state index contributed by atoms with van der Waals surface area (Å²) in [7, 11) is 0. The molecule has 1 aliphatic heterocycles. The van der Waals surface area contributed by atoms with Crippen LogP contribution in [-0.2, 0) is 0 Å². The van der Waals surface area contributed by atoms with Crippen LogP contribution in [-0.4, -0.2) is 41.8 Å².